The second-order valence-corrected chi connectivity index (χ2v) is 9.06. The van der Waals surface area contributed by atoms with E-state index in [1.807, 2.05) is 20.8 Å². The summed E-state index contributed by atoms with van der Waals surface area (Å²) in [5, 5.41) is 3.18. The predicted octanol–water partition coefficient (Wildman–Crippen LogP) is 4.90. The van der Waals surface area contributed by atoms with Gasteiger partial charge in [-0.2, -0.15) is 0 Å². The molecule has 1 heterocycles. The molecule has 1 aliphatic heterocycles. The standard InChI is InChI=1S/C22H24ClFN2O2S/c1-13(2)14(3)25-20(27)19-12-29-22(16-6-10-18(24)11-7-16)26(19)21(28)15-4-8-17(23)9-5-15/h4-11,13-14,19,22H,12H2,1-3H3,(H,25,27). The molecule has 0 radical (unpaired) electrons. The predicted molar refractivity (Wildman–Crippen MR) is 115 cm³/mol. The Bertz CT molecular complexity index is 873. The maximum absolute atomic E-state index is 13.4. The molecule has 2 aromatic rings. The lowest BCUT2D eigenvalue weighted by atomic mass is 10.1. The zero-order valence-electron chi connectivity index (χ0n) is 16.6. The van der Waals surface area contributed by atoms with Crippen molar-refractivity contribution in [2.45, 2.75) is 38.2 Å². The topological polar surface area (TPSA) is 49.4 Å². The van der Waals surface area contributed by atoms with Crippen molar-refractivity contribution in [1.29, 1.82) is 0 Å². The summed E-state index contributed by atoms with van der Waals surface area (Å²) in [6.45, 7) is 6.02. The molecular formula is C22H24ClFN2O2S. The van der Waals surface area contributed by atoms with Gasteiger partial charge < -0.3 is 10.2 Å². The van der Waals surface area contributed by atoms with Crippen molar-refractivity contribution in [3.8, 4) is 0 Å². The highest BCUT2D eigenvalue weighted by Crippen LogP contribution is 2.42. The second-order valence-electron chi connectivity index (χ2n) is 7.51. The molecule has 7 heteroatoms. The van der Waals surface area contributed by atoms with Crippen molar-refractivity contribution in [1.82, 2.24) is 10.2 Å². The van der Waals surface area contributed by atoms with E-state index in [1.165, 1.54) is 23.9 Å². The van der Waals surface area contributed by atoms with Gasteiger partial charge in [0.1, 0.15) is 17.2 Å². The Morgan fingerprint density at radius 1 is 1.10 bits per heavy atom. The molecule has 1 N–H and O–H groups in total. The summed E-state index contributed by atoms with van der Waals surface area (Å²) in [6, 6.07) is 12.1. The maximum Gasteiger partial charge on any atom is 0.255 e. The van der Waals surface area contributed by atoms with Crippen LogP contribution in [0.25, 0.3) is 0 Å². The number of hydrogen-bond donors (Lipinski definition) is 1. The van der Waals surface area contributed by atoms with E-state index in [4.69, 9.17) is 11.6 Å². The van der Waals surface area contributed by atoms with E-state index in [-0.39, 0.29) is 35.0 Å². The number of carbonyl (C=O) groups is 2. The zero-order chi connectivity index (χ0) is 21.1. The molecule has 0 aliphatic carbocycles. The van der Waals surface area contributed by atoms with E-state index in [1.54, 1.807) is 41.3 Å². The molecule has 29 heavy (non-hydrogen) atoms. The Morgan fingerprint density at radius 2 is 1.72 bits per heavy atom. The van der Waals surface area contributed by atoms with Crippen molar-refractivity contribution in [3.63, 3.8) is 0 Å². The van der Waals surface area contributed by atoms with Crippen LogP contribution in [0.4, 0.5) is 4.39 Å². The number of amides is 2. The lowest BCUT2D eigenvalue weighted by Crippen LogP contribution is -2.50. The van der Waals surface area contributed by atoms with Gasteiger partial charge in [-0.1, -0.05) is 37.6 Å². The summed E-state index contributed by atoms with van der Waals surface area (Å²) in [5.74, 6) is -0.0180. The Balaban J connectivity index is 1.93. The summed E-state index contributed by atoms with van der Waals surface area (Å²) in [6.07, 6.45) is 0. The molecule has 3 atom stereocenters. The Hall–Kier alpha value is -2.05. The molecule has 0 saturated carbocycles. The summed E-state index contributed by atoms with van der Waals surface area (Å²) < 4.78 is 13.4. The molecule has 3 unspecified atom stereocenters. The molecule has 154 valence electrons. The third-order valence-corrected chi connectivity index (χ3v) is 6.73. The second kappa shape index (κ2) is 9.18. The van der Waals surface area contributed by atoms with Crippen LogP contribution in [0.5, 0.6) is 0 Å². The molecule has 3 rings (SSSR count). The number of halogens is 2. The van der Waals surface area contributed by atoms with Gasteiger partial charge in [0.25, 0.3) is 5.91 Å². The lowest BCUT2D eigenvalue weighted by molar-refractivity contribution is -0.125. The molecule has 1 aliphatic rings. The van der Waals surface area contributed by atoms with E-state index in [2.05, 4.69) is 5.32 Å². The Labute approximate surface area is 179 Å². The molecule has 0 aromatic heterocycles. The summed E-state index contributed by atoms with van der Waals surface area (Å²) in [4.78, 5) is 28.0. The van der Waals surface area contributed by atoms with E-state index >= 15 is 0 Å². The minimum absolute atomic E-state index is 0.00939. The fourth-order valence-electron chi connectivity index (χ4n) is 3.07. The van der Waals surface area contributed by atoms with Crippen LogP contribution in [0.2, 0.25) is 5.02 Å². The zero-order valence-corrected chi connectivity index (χ0v) is 18.1. The maximum atomic E-state index is 13.4. The summed E-state index contributed by atoms with van der Waals surface area (Å²) >= 11 is 7.46. The van der Waals surface area contributed by atoms with Crippen LogP contribution in [-0.2, 0) is 4.79 Å². The number of nitrogens with one attached hydrogen (secondary N) is 1. The van der Waals surface area contributed by atoms with E-state index in [0.29, 0.717) is 16.3 Å². The molecule has 1 fully saturated rings. The number of nitrogens with zero attached hydrogens (tertiary/aromatic N) is 1. The van der Waals surface area contributed by atoms with E-state index in [0.717, 1.165) is 5.56 Å². The number of carbonyl (C=O) groups excluding carboxylic acids is 2. The first kappa shape index (κ1) is 21.7. The lowest BCUT2D eigenvalue weighted by Gasteiger charge is -2.30. The molecule has 0 bridgehead atoms. The number of thioether (sulfide) groups is 1. The van der Waals surface area contributed by atoms with Crippen molar-refractivity contribution in [2.75, 3.05) is 5.75 Å². The van der Waals surface area contributed by atoms with Gasteiger partial charge in [0.2, 0.25) is 5.91 Å². The summed E-state index contributed by atoms with van der Waals surface area (Å²) in [5.41, 5.74) is 1.24. The minimum atomic E-state index is -0.612. The van der Waals surface area contributed by atoms with E-state index < -0.39 is 6.04 Å². The average molecular weight is 435 g/mol. The van der Waals surface area contributed by atoms with Gasteiger partial charge in [-0.25, -0.2) is 4.39 Å². The first-order valence-electron chi connectivity index (χ1n) is 9.53. The summed E-state index contributed by atoms with van der Waals surface area (Å²) in [7, 11) is 0. The van der Waals surface area contributed by atoms with Crippen molar-refractivity contribution in [3.05, 3.63) is 70.5 Å². The normalized spacial score (nSPS) is 20.0. The van der Waals surface area contributed by atoms with Gasteiger partial charge in [0.05, 0.1) is 0 Å². The molecule has 0 spiro atoms. The van der Waals surface area contributed by atoms with E-state index in [9.17, 15) is 14.0 Å². The van der Waals surface area contributed by atoms with Gasteiger partial charge in [0, 0.05) is 22.4 Å². The minimum Gasteiger partial charge on any atom is -0.352 e. The monoisotopic (exact) mass is 434 g/mol. The third-order valence-electron chi connectivity index (χ3n) is 5.15. The Morgan fingerprint density at radius 3 is 2.31 bits per heavy atom. The van der Waals surface area contributed by atoms with Crippen LogP contribution >= 0.6 is 23.4 Å². The highest BCUT2D eigenvalue weighted by Gasteiger charge is 2.42. The molecule has 2 amide bonds. The Kier molecular flexibility index (Phi) is 6.85. The van der Waals surface area contributed by atoms with Gasteiger partial charge in [-0.15, -0.1) is 11.8 Å². The van der Waals surface area contributed by atoms with Crippen LogP contribution in [-0.4, -0.2) is 34.6 Å². The fourth-order valence-corrected chi connectivity index (χ4v) is 4.62. The highest BCUT2D eigenvalue weighted by molar-refractivity contribution is 7.99. The van der Waals surface area contributed by atoms with Gasteiger partial charge in [-0.3, -0.25) is 9.59 Å². The van der Waals surface area contributed by atoms with Crippen molar-refractivity contribution in [2.24, 2.45) is 5.92 Å². The quantitative estimate of drug-likeness (QED) is 0.728. The third kappa shape index (κ3) is 4.93. The fraction of sp³-hybridized carbons (Fsp3) is 0.364. The average Bonchev–Trinajstić information content (AvgIpc) is 3.13. The molecular weight excluding hydrogens is 411 g/mol. The van der Waals surface area contributed by atoms with Crippen LogP contribution in [0, 0.1) is 11.7 Å². The molecule has 4 nitrogen and oxygen atoms in total. The number of benzene rings is 2. The first-order chi connectivity index (χ1) is 13.8. The SMILES string of the molecule is CC(C)C(C)NC(=O)C1CSC(c2ccc(F)cc2)N1C(=O)c1ccc(Cl)cc1. The largest absolute Gasteiger partial charge is 0.352 e. The van der Waals surface area contributed by atoms with Gasteiger partial charge >= 0.3 is 0 Å². The number of hydrogen-bond acceptors (Lipinski definition) is 3. The highest BCUT2D eigenvalue weighted by atomic mass is 35.5. The van der Waals surface area contributed by atoms with Crippen LogP contribution in [0.1, 0.15) is 42.1 Å². The first-order valence-corrected chi connectivity index (χ1v) is 11.0. The smallest absolute Gasteiger partial charge is 0.255 e. The number of rotatable bonds is 5. The molecule has 1 saturated heterocycles. The van der Waals surface area contributed by atoms with Crippen LogP contribution in [0.15, 0.2) is 48.5 Å². The van der Waals surface area contributed by atoms with Crippen molar-refractivity contribution >= 4 is 35.2 Å². The molecule has 2 aromatic carbocycles. The van der Waals surface area contributed by atoms with Crippen molar-refractivity contribution < 1.29 is 14.0 Å². The van der Waals surface area contributed by atoms with Gasteiger partial charge in [0.15, 0.2) is 0 Å². The van der Waals surface area contributed by atoms with Crippen LogP contribution in [0.3, 0.4) is 0 Å². The van der Waals surface area contributed by atoms with Gasteiger partial charge in [-0.05, 0) is 54.8 Å². The van der Waals surface area contributed by atoms with Crippen LogP contribution < -0.4 is 5.32 Å².